The lowest BCUT2D eigenvalue weighted by molar-refractivity contribution is 0.438. The van der Waals surface area contributed by atoms with Crippen molar-refractivity contribution in [3.8, 4) is 0 Å². The molecule has 0 amide bonds. The number of allylic oxidation sites excluding steroid dienone is 4. The highest BCUT2D eigenvalue weighted by Crippen LogP contribution is 2.15. The molecule has 1 saturated heterocycles. The average Bonchev–Trinajstić information content (AvgIpc) is 2.57. The Morgan fingerprint density at radius 2 is 2.26 bits per heavy atom. The maximum Gasteiger partial charge on any atom is 0.0626 e. The first-order chi connectivity index (χ1) is 11.2. The molecule has 3 nitrogen and oxygen atoms in total. The first kappa shape index (κ1) is 17.2. The predicted octanol–water partition coefficient (Wildman–Crippen LogP) is 4.01. The van der Waals surface area contributed by atoms with Crippen LogP contribution in [0.5, 0.6) is 0 Å². The van der Waals surface area contributed by atoms with Crippen molar-refractivity contribution in [2.75, 3.05) is 18.8 Å². The van der Waals surface area contributed by atoms with Gasteiger partial charge in [0.25, 0.3) is 0 Å². The summed E-state index contributed by atoms with van der Waals surface area (Å²) in [6.45, 7) is 6.23. The average molecular weight is 309 g/mol. The predicted molar refractivity (Wildman–Crippen MR) is 101 cm³/mol. The summed E-state index contributed by atoms with van der Waals surface area (Å²) < 4.78 is 0. The van der Waals surface area contributed by atoms with Gasteiger partial charge in [-0.3, -0.25) is 4.99 Å². The zero-order valence-corrected chi connectivity index (χ0v) is 14.1. The van der Waals surface area contributed by atoms with Crippen LogP contribution in [0, 0.1) is 12.8 Å². The monoisotopic (exact) mass is 309 g/mol. The van der Waals surface area contributed by atoms with Crippen LogP contribution in [0.2, 0.25) is 0 Å². The fourth-order valence-corrected chi connectivity index (χ4v) is 2.63. The summed E-state index contributed by atoms with van der Waals surface area (Å²) >= 11 is 0. The van der Waals surface area contributed by atoms with Crippen molar-refractivity contribution < 1.29 is 0 Å². The number of nitrogens with two attached hydrogens (primary N) is 1. The summed E-state index contributed by atoms with van der Waals surface area (Å²) in [4.78, 5) is 4.57. The number of rotatable bonds is 5. The summed E-state index contributed by atoms with van der Waals surface area (Å²) in [6, 6.07) is 6.00. The molecule has 1 unspecified atom stereocenters. The van der Waals surface area contributed by atoms with Crippen molar-refractivity contribution in [3.05, 3.63) is 65.4 Å². The number of aliphatic imine (C=N–C) groups is 1. The summed E-state index contributed by atoms with van der Waals surface area (Å²) in [6.07, 6.45) is 14.8. The minimum atomic E-state index is 0.628. The van der Waals surface area contributed by atoms with Crippen molar-refractivity contribution in [1.29, 1.82) is 0 Å². The van der Waals surface area contributed by atoms with Crippen LogP contribution >= 0.6 is 0 Å². The van der Waals surface area contributed by atoms with E-state index in [9.17, 15) is 0 Å². The highest BCUT2D eigenvalue weighted by Gasteiger charge is 2.08. The minimum Gasteiger partial charge on any atom is -0.398 e. The van der Waals surface area contributed by atoms with Crippen LogP contribution in [0.3, 0.4) is 0 Å². The first-order valence-corrected chi connectivity index (χ1v) is 8.31. The Hall–Kier alpha value is -2.13. The SMILES string of the molecule is C\C=C/C(=C\C=C\C1CCCNC1)N=Cc1cccc(C)c1N. The van der Waals surface area contributed by atoms with Crippen LogP contribution in [0.25, 0.3) is 0 Å². The summed E-state index contributed by atoms with van der Waals surface area (Å²) in [5, 5.41) is 3.43. The van der Waals surface area contributed by atoms with Gasteiger partial charge >= 0.3 is 0 Å². The molecule has 0 bridgehead atoms. The zero-order valence-electron chi connectivity index (χ0n) is 14.1. The van der Waals surface area contributed by atoms with E-state index in [0.717, 1.165) is 35.6 Å². The van der Waals surface area contributed by atoms with E-state index < -0.39 is 0 Å². The molecule has 0 saturated carbocycles. The highest BCUT2D eigenvalue weighted by atomic mass is 14.9. The summed E-state index contributed by atoms with van der Waals surface area (Å²) in [7, 11) is 0. The number of aryl methyl sites for hydroxylation is 1. The normalized spacial score (nSPS) is 20.1. The number of nitrogens with zero attached hydrogens (tertiary/aromatic N) is 1. The fraction of sp³-hybridized carbons (Fsp3) is 0.350. The third-order valence-electron chi connectivity index (χ3n) is 4.03. The second-order valence-corrected chi connectivity index (χ2v) is 5.92. The Balaban J connectivity index is 2.08. The van der Waals surface area contributed by atoms with Gasteiger partial charge in [-0.15, -0.1) is 0 Å². The lowest BCUT2D eigenvalue weighted by Crippen LogP contribution is -2.28. The molecule has 1 fully saturated rings. The van der Waals surface area contributed by atoms with Crippen molar-refractivity contribution in [2.45, 2.75) is 26.7 Å². The number of para-hydroxylation sites is 1. The van der Waals surface area contributed by atoms with E-state index in [2.05, 4.69) is 28.5 Å². The quantitative estimate of drug-likeness (QED) is 0.490. The van der Waals surface area contributed by atoms with Crippen LogP contribution in [0.4, 0.5) is 5.69 Å². The number of benzene rings is 1. The maximum absolute atomic E-state index is 6.09. The highest BCUT2D eigenvalue weighted by molar-refractivity contribution is 5.88. The molecule has 1 aromatic rings. The molecule has 1 aliphatic heterocycles. The topological polar surface area (TPSA) is 50.4 Å². The molecule has 1 heterocycles. The van der Waals surface area contributed by atoms with E-state index in [4.69, 9.17) is 5.73 Å². The second-order valence-electron chi connectivity index (χ2n) is 5.92. The van der Waals surface area contributed by atoms with Gasteiger partial charge in [-0.05, 0) is 56.9 Å². The van der Waals surface area contributed by atoms with Gasteiger partial charge in [0.05, 0.1) is 5.70 Å². The molecule has 2 rings (SSSR count). The Morgan fingerprint density at radius 1 is 1.39 bits per heavy atom. The van der Waals surface area contributed by atoms with Gasteiger partial charge in [0.2, 0.25) is 0 Å². The molecule has 0 aliphatic carbocycles. The van der Waals surface area contributed by atoms with Crippen LogP contribution in [-0.4, -0.2) is 19.3 Å². The number of nitrogens with one attached hydrogen (secondary N) is 1. The van der Waals surface area contributed by atoms with E-state index in [0.29, 0.717) is 5.92 Å². The molecule has 3 N–H and O–H groups in total. The van der Waals surface area contributed by atoms with Gasteiger partial charge in [-0.25, -0.2) is 0 Å². The number of hydrogen-bond acceptors (Lipinski definition) is 3. The molecule has 0 aromatic heterocycles. The van der Waals surface area contributed by atoms with E-state index in [-0.39, 0.29) is 0 Å². The van der Waals surface area contributed by atoms with E-state index >= 15 is 0 Å². The Labute approximate surface area is 139 Å². The fourth-order valence-electron chi connectivity index (χ4n) is 2.63. The molecule has 0 radical (unpaired) electrons. The lowest BCUT2D eigenvalue weighted by atomic mass is 9.99. The Bertz CT molecular complexity index is 618. The van der Waals surface area contributed by atoms with Gasteiger partial charge in [0, 0.05) is 24.0 Å². The molecule has 0 spiro atoms. The van der Waals surface area contributed by atoms with Crippen LogP contribution in [0.15, 0.2) is 59.3 Å². The Kier molecular flexibility index (Phi) is 6.82. The van der Waals surface area contributed by atoms with Gasteiger partial charge in [0.1, 0.15) is 0 Å². The molecule has 1 aromatic carbocycles. The van der Waals surface area contributed by atoms with Crippen LogP contribution in [0.1, 0.15) is 30.9 Å². The van der Waals surface area contributed by atoms with Crippen LogP contribution in [-0.2, 0) is 0 Å². The number of anilines is 1. The van der Waals surface area contributed by atoms with Gasteiger partial charge < -0.3 is 11.1 Å². The number of piperidine rings is 1. The van der Waals surface area contributed by atoms with Crippen molar-refractivity contribution >= 4 is 11.9 Å². The molecule has 1 aliphatic rings. The number of hydrogen-bond donors (Lipinski definition) is 2. The van der Waals surface area contributed by atoms with Crippen molar-refractivity contribution in [3.63, 3.8) is 0 Å². The summed E-state index contributed by atoms with van der Waals surface area (Å²) in [5.41, 5.74) is 9.84. The van der Waals surface area contributed by atoms with E-state index in [1.807, 2.05) is 50.4 Å². The third-order valence-corrected chi connectivity index (χ3v) is 4.03. The van der Waals surface area contributed by atoms with Crippen molar-refractivity contribution in [1.82, 2.24) is 5.32 Å². The largest absolute Gasteiger partial charge is 0.398 e. The smallest absolute Gasteiger partial charge is 0.0626 e. The summed E-state index contributed by atoms with van der Waals surface area (Å²) in [5.74, 6) is 0.628. The Morgan fingerprint density at radius 3 is 3.00 bits per heavy atom. The molecule has 3 heteroatoms. The maximum atomic E-state index is 6.09. The molecular formula is C20H27N3. The van der Waals surface area contributed by atoms with Gasteiger partial charge in [-0.2, -0.15) is 0 Å². The van der Waals surface area contributed by atoms with E-state index in [1.54, 1.807) is 0 Å². The van der Waals surface area contributed by atoms with Gasteiger partial charge in [0.15, 0.2) is 0 Å². The first-order valence-electron chi connectivity index (χ1n) is 8.31. The van der Waals surface area contributed by atoms with Crippen LogP contribution < -0.4 is 11.1 Å². The minimum absolute atomic E-state index is 0.628. The zero-order chi connectivity index (χ0) is 16.5. The van der Waals surface area contributed by atoms with E-state index in [1.165, 1.54) is 12.8 Å². The molecular weight excluding hydrogens is 282 g/mol. The standard InChI is InChI=1S/C20H27N3/c1-3-7-19(12-5-9-17-10-6-13-22-14-17)23-15-18-11-4-8-16(2)20(18)21/h3-5,7-9,11-12,15,17,22H,6,10,13-14,21H2,1-2H3/b7-3-,9-5+,19-12+,23-15?. The van der Waals surface area contributed by atoms with Gasteiger partial charge in [-0.1, -0.05) is 36.4 Å². The lowest BCUT2D eigenvalue weighted by Gasteiger charge is -2.19. The number of nitrogen functional groups attached to an aromatic ring is 1. The van der Waals surface area contributed by atoms with Crippen molar-refractivity contribution in [2.24, 2.45) is 10.9 Å². The third kappa shape index (κ3) is 5.53. The molecule has 23 heavy (non-hydrogen) atoms. The second kappa shape index (κ2) is 9.11. The molecule has 1 atom stereocenters. The molecule has 122 valence electrons.